The topological polar surface area (TPSA) is 324 Å². The maximum atomic E-state index is 11.2. The Morgan fingerprint density at radius 2 is 1.00 bits per heavy atom. The summed E-state index contributed by atoms with van der Waals surface area (Å²) in [4.78, 5) is 62.5. The van der Waals surface area contributed by atoms with Crippen LogP contribution in [0.4, 0.5) is 0 Å². The number of carbonyl (C=O) groups excluding carboxylic acids is 2. The molecular weight excluding hydrogens is 690 g/mol. The van der Waals surface area contributed by atoms with Crippen LogP contribution in [0.15, 0.2) is 23.0 Å². The zero-order valence-corrected chi connectivity index (χ0v) is 27.9. The largest absolute Gasteiger partial charge is 2.00 e. The number of aliphatic hydroxyl groups is 4. The molecule has 0 fully saturated rings. The van der Waals surface area contributed by atoms with Gasteiger partial charge in [-0.2, -0.15) is 0 Å². The quantitative estimate of drug-likeness (QED) is 0.104. The summed E-state index contributed by atoms with van der Waals surface area (Å²) in [5.74, 6) is -8.20. The van der Waals surface area contributed by atoms with Gasteiger partial charge in [0.15, 0.2) is 0 Å². The second kappa shape index (κ2) is 15.8. The van der Waals surface area contributed by atoms with E-state index in [9.17, 15) is 48.5 Å². The van der Waals surface area contributed by atoms with Crippen LogP contribution in [-0.2, 0) is 95.7 Å². The molecule has 2 aliphatic heterocycles. The molecule has 23 heteroatoms. The first-order valence-corrected chi connectivity index (χ1v) is 10.7. The second-order valence-corrected chi connectivity index (χ2v) is 7.77. The van der Waals surface area contributed by atoms with Gasteiger partial charge in [-0.15, -0.1) is 0 Å². The van der Waals surface area contributed by atoms with Gasteiger partial charge in [0.05, 0.1) is 13.2 Å². The number of carbonyl (C=O) groups is 2. The van der Waals surface area contributed by atoms with E-state index in [2.05, 4.69) is 18.5 Å². The Bertz CT molecular complexity index is 823. The Morgan fingerprint density at radius 3 is 1.20 bits per heavy atom. The van der Waals surface area contributed by atoms with Gasteiger partial charge < -0.3 is 77.9 Å². The van der Waals surface area contributed by atoms with Gasteiger partial charge in [0, 0.05) is 0 Å². The fraction of sp³-hybridized carbons (Fsp3) is 0.500. The number of ether oxygens (including phenoxy) is 2. The van der Waals surface area contributed by atoms with Crippen molar-refractivity contribution in [1.29, 1.82) is 0 Å². The molecule has 2 rings (SSSR count). The van der Waals surface area contributed by atoms with Crippen LogP contribution in [0, 0.1) is 0 Å². The van der Waals surface area contributed by atoms with Crippen LogP contribution in [0.5, 0.6) is 0 Å². The molecule has 0 aromatic heterocycles. The molecule has 0 radical (unpaired) electrons. The standard InChI is InChI=1S/2C6H9O9P.3Zn/c2*7-1-2(8)4-3(9)5(6(10)14-4)15-16(11,12)13;;;/h2*2,4,7-9H,1H2,(H2,11,12,13);;;/q;;3*+2/p-6/t2*2-,4+;;;/m00.../s1. The summed E-state index contributed by atoms with van der Waals surface area (Å²) in [6.07, 6.45) is -6.96. The Kier molecular flexibility index (Phi) is 17.7. The molecule has 4 N–H and O–H groups in total. The zero-order valence-electron chi connectivity index (χ0n) is 17.2. The predicted molar refractivity (Wildman–Crippen MR) is 77.4 cm³/mol. The first-order valence-electron chi connectivity index (χ1n) is 7.77. The van der Waals surface area contributed by atoms with Crippen LogP contribution in [0.3, 0.4) is 0 Å². The molecule has 0 bridgehead atoms. The Labute approximate surface area is 233 Å². The minimum Gasteiger partial charge on any atom is -0.870 e. The number of esters is 2. The van der Waals surface area contributed by atoms with Crippen molar-refractivity contribution in [2.75, 3.05) is 13.2 Å². The van der Waals surface area contributed by atoms with Gasteiger partial charge in [-0.25, -0.2) is 9.59 Å². The van der Waals surface area contributed by atoms with Crippen LogP contribution in [0.25, 0.3) is 0 Å². The Morgan fingerprint density at radius 1 is 0.743 bits per heavy atom. The van der Waals surface area contributed by atoms with Gasteiger partial charge in [-0.3, -0.25) is 0 Å². The Balaban J connectivity index is -0.000000539. The van der Waals surface area contributed by atoms with Crippen LogP contribution in [-0.4, -0.2) is 70.0 Å². The molecule has 0 spiro atoms. The van der Waals surface area contributed by atoms with E-state index in [4.69, 9.17) is 20.4 Å². The first kappa shape index (κ1) is 39.1. The fourth-order valence-electron chi connectivity index (χ4n) is 1.99. The predicted octanol–water partition coefficient (Wildman–Crippen LogP) is -8.64. The number of hydrogen-bond donors (Lipinski definition) is 4. The van der Waals surface area contributed by atoms with Crippen molar-refractivity contribution < 1.29 is 146 Å². The minimum atomic E-state index is -5.56. The average molecular weight is 702 g/mol. The number of hydrogen-bond acceptors (Lipinski definition) is 18. The number of phosphoric acid groups is 2. The summed E-state index contributed by atoms with van der Waals surface area (Å²) in [6.45, 7) is -1.77. The molecule has 2 heterocycles. The van der Waals surface area contributed by atoms with Crippen LogP contribution in [0.1, 0.15) is 0 Å². The van der Waals surface area contributed by atoms with Gasteiger partial charge in [0.25, 0.3) is 0 Å². The molecule has 2 aliphatic rings. The summed E-state index contributed by atoms with van der Waals surface area (Å²) < 4.78 is 36.0. The molecule has 0 amide bonds. The van der Waals surface area contributed by atoms with E-state index in [-0.39, 0.29) is 58.4 Å². The number of phosphoric ester groups is 2. The van der Waals surface area contributed by atoms with E-state index in [1.165, 1.54) is 0 Å². The van der Waals surface area contributed by atoms with Crippen molar-refractivity contribution in [3.63, 3.8) is 0 Å². The third kappa shape index (κ3) is 11.7. The van der Waals surface area contributed by atoms with Crippen molar-refractivity contribution in [1.82, 2.24) is 0 Å². The molecule has 0 saturated heterocycles. The molecule has 18 nitrogen and oxygen atoms in total. The number of aliphatic hydroxyl groups excluding tert-OH is 4. The summed E-state index contributed by atoms with van der Waals surface area (Å²) in [7, 11) is -11.1. The maximum absolute atomic E-state index is 11.2. The van der Waals surface area contributed by atoms with Gasteiger partial charge in [0.1, 0.15) is 40.1 Å². The summed E-state index contributed by atoms with van der Waals surface area (Å²) in [5, 5.41) is 57.5. The molecule has 4 atom stereocenters. The molecule has 0 aromatic rings. The monoisotopic (exact) mass is 698 g/mol. The summed E-state index contributed by atoms with van der Waals surface area (Å²) in [6, 6.07) is 0. The van der Waals surface area contributed by atoms with E-state index in [0.717, 1.165) is 0 Å². The van der Waals surface area contributed by atoms with Gasteiger partial charge in [0.2, 0.25) is 11.5 Å². The molecule has 0 aromatic carbocycles. The molecule has 184 valence electrons. The van der Waals surface area contributed by atoms with Crippen LogP contribution in [0.2, 0.25) is 0 Å². The average Bonchev–Trinajstić information content (AvgIpc) is 3.10. The van der Waals surface area contributed by atoms with Crippen molar-refractivity contribution in [3.05, 3.63) is 23.0 Å². The van der Waals surface area contributed by atoms with Crippen molar-refractivity contribution >= 4 is 27.6 Å². The van der Waals surface area contributed by atoms with Gasteiger partial charge >= 0.3 is 70.4 Å². The summed E-state index contributed by atoms with van der Waals surface area (Å²) in [5.41, 5.74) is 0. The Hall–Kier alpha value is -0.370. The molecule has 0 aliphatic carbocycles. The SMILES string of the molecule is O=C1O[C@H]([C@@H](O)CO)C([O-])=C1OP(=O)([O-])[O-].O=C1O[C@H]([C@@H](O)CO)C([O-])=C1OP(=O)([O-])[O-].[Zn+2].[Zn+2].[Zn+2]. The van der Waals surface area contributed by atoms with Crippen LogP contribution < -0.4 is 29.8 Å². The smallest absolute Gasteiger partial charge is 0.870 e. The fourth-order valence-corrected chi connectivity index (χ4v) is 2.77. The van der Waals surface area contributed by atoms with Gasteiger partial charge in [-0.1, -0.05) is 0 Å². The first-order chi connectivity index (χ1) is 14.5. The maximum Gasteiger partial charge on any atom is 2.00 e. The summed E-state index contributed by atoms with van der Waals surface area (Å²) >= 11 is 0. The number of rotatable bonds is 8. The zero-order chi connectivity index (χ0) is 25.0. The van der Waals surface area contributed by atoms with Crippen molar-refractivity contribution in [3.8, 4) is 0 Å². The molecule has 0 unspecified atom stereocenters. The molecule has 0 saturated carbocycles. The minimum absolute atomic E-state index is 0. The van der Waals surface area contributed by atoms with E-state index in [0.29, 0.717) is 0 Å². The third-order valence-electron chi connectivity index (χ3n) is 3.28. The molecular formula is C12H12O18P2Zn3. The van der Waals surface area contributed by atoms with E-state index in [1.54, 1.807) is 0 Å². The third-order valence-corrected chi connectivity index (χ3v) is 4.09. The number of cyclic esters (lactones) is 2. The van der Waals surface area contributed by atoms with Crippen LogP contribution >= 0.6 is 15.6 Å². The van der Waals surface area contributed by atoms with E-state index < -0.39 is 88.3 Å². The molecule has 35 heavy (non-hydrogen) atoms. The van der Waals surface area contributed by atoms with E-state index in [1.807, 2.05) is 0 Å². The van der Waals surface area contributed by atoms with Crippen molar-refractivity contribution in [2.24, 2.45) is 0 Å². The van der Waals surface area contributed by atoms with Gasteiger partial charge in [-0.05, 0) is 11.5 Å². The van der Waals surface area contributed by atoms with Crippen molar-refractivity contribution in [2.45, 2.75) is 24.4 Å². The second-order valence-electron chi connectivity index (χ2n) is 5.62. The normalized spacial score (nSPS) is 21.3. The van der Waals surface area contributed by atoms with E-state index >= 15 is 0 Å².